The van der Waals surface area contributed by atoms with E-state index in [9.17, 15) is 9.18 Å². The molecule has 0 heterocycles. The second-order valence-corrected chi connectivity index (χ2v) is 4.37. The molecule has 98 valence electrons. The van der Waals surface area contributed by atoms with E-state index in [4.69, 9.17) is 4.74 Å². The molecule has 0 amide bonds. The van der Waals surface area contributed by atoms with E-state index in [1.54, 1.807) is 30.3 Å². The number of halogens is 1. The smallest absolute Gasteiger partial charge is 0.339 e. The third-order valence-electron chi connectivity index (χ3n) is 2.53. The molecule has 0 radical (unpaired) electrons. The van der Waals surface area contributed by atoms with Gasteiger partial charge in [-0.15, -0.1) is 12.6 Å². The van der Waals surface area contributed by atoms with Crippen molar-refractivity contribution in [1.82, 2.24) is 0 Å². The number of esters is 1. The zero-order valence-electron chi connectivity index (χ0n) is 10.2. The molecule has 5 heteroatoms. The number of ether oxygens (including phenoxy) is 1. The second-order valence-electron chi connectivity index (χ2n) is 3.85. The first-order valence-corrected chi connectivity index (χ1v) is 5.99. The number of benzene rings is 2. The molecular weight excluding hydrogens is 265 g/mol. The Labute approximate surface area is 115 Å². The maximum atomic E-state index is 12.8. The van der Waals surface area contributed by atoms with E-state index >= 15 is 0 Å². The summed E-state index contributed by atoms with van der Waals surface area (Å²) >= 11 is 4.23. The van der Waals surface area contributed by atoms with Crippen molar-refractivity contribution in [3.05, 3.63) is 53.8 Å². The molecule has 0 saturated heterocycles. The minimum Gasteiger partial charge on any atom is -0.465 e. The van der Waals surface area contributed by atoms with Gasteiger partial charge >= 0.3 is 5.97 Å². The zero-order valence-corrected chi connectivity index (χ0v) is 11.1. The summed E-state index contributed by atoms with van der Waals surface area (Å²) in [5.41, 5.74) is 1.63. The van der Waals surface area contributed by atoms with E-state index in [0.29, 0.717) is 21.8 Å². The van der Waals surface area contributed by atoms with Gasteiger partial charge in [0.05, 0.1) is 18.4 Å². The van der Waals surface area contributed by atoms with Crippen LogP contribution in [0.5, 0.6) is 0 Å². The van der Waals surface area contributed by atoms with Crippen molar-refractivity contribution < 1.29 is 13.9 Å². The number of anilines is 2. The van der Waals surface area contributed by atoms with Crippen molar-refractivity contribution in [2.24, 2.45) is 0 Å². The molecule has 0 bridgehead atoms. The van der Waals surface area contributed by atoms with Crippen LogP contribution in [0.15, 0.2) is 47.4 Å². The summed E-state index contributed by atoms with van der Waals surface area (Å²) in [7, 11) is 1.32. The molecule has 2 rings (SSSR count). The Kier molecular flexibility index (Phi) is 4.06. The fraction of sp³-hybridized carbons (Fsp3) is 0.0714. The number of hydrogen-bond acceptors (Lipinski definition) is 4. The summed E-state index contributed by atoms with van der Waals surface area (Å²) in [5.74, 6) is -0.764. The van der Waals surface area contributed by atoms with Gasteiger partial charge in [0.2, 0.25) is 0 Å². The molecule has 0 aromatic heterocycles. The van der Waals surface area contributed by atoms with Gasteiger partial charge in [-0.2, -0.15) is 0 Å². The SMILES string of the molecule is COC(=O)c1ccc(S)cc1Nc1ccc(F)cc1. The van der Waals surface area contributed by atoms with Crippen LogP contribution in [-0.4, -0.2) is 13.1 Å². The van der Waals surface area contributed by atoms with Crippen LogP contribution in [0.3, 0.4) is 0 Å². The van der Waals surface area contributed by atoms with Crippen LogP contribution in [0.25, 0.3) is 0 Å². The van der Waals surface area contributed by atoms with Gasteiger partial charge in [0.1, 0.15) is 5.82 Å². The Balaban J connectivity index is 2.35. The molecule has 2 aromatic rings. The molecule has 3 nitrogen and oxygen atoms in total. The summed E-state index contributed by atoms with van der Waals surface area (Å²) in [5, 5.41) is 3.04. The molecule has 0 aliphatic heterocycles. The highest BCUT2D eigenvalue weighted by molar-refractivity contribution is 7.80. The highest BCUT2D eigenvalue weighted by Gasteiger charge is 2.12. The molecule has 0 saturated carbocycles. The normalized spacial score (nSPS) is 10.1. The lowest BCUT2D eigenvalue weighted by atomic mass is 10.1. The van der Waals surface area contributed by atoms with E-state index < -0.39 is 5.97 Å². The summed E-state index contributed by atoms with van der Waals surface area (Å²) in [6.45, 7) is 0. The Morgan fingerprint density at radius 2 is 1.89 bits per heavy atom. The number of methoxy groups -OCH3 is 1. The number of thiol groups is 1. The summed E-state index contributed by atoms with van der Waals surface area (Å²) < 4.78 is 17.5. The largest absolute Gasteiger partial charge is 0.465 e. The van der Waals surface area contributed by atoms with Crippen LogP contribution in [0.4, 0.5) is 15.8 Å². The molecular formula is C14H12FNO2S. The Bertz CT molecular complexity index is 599. The molecule has 0 atom stereocenters. The standard InChI is InChI=1S/C14H12FNO2S/c1-18-14(17)12-7-6-11(19)8-13(12)16-10-4-2-9(15)3-5-10/h2-8,16,19H,1H3. The number of hydrogen-bond donors (Lipinski definition) is 2. The average molecular weight is 277 g/mol. The topological polar surface area (TPSA) is 38.3 Å². The zero-order chi connectivity index (χ0) is 13.8. The van der Waals surface area contributed by atoms with Gasteiger partial charge in [0.25, 0.3) is 0 Å². The number of rotatable bonds is 3. The lowest BCUT2D eigenvalue weighted by molar-refractivity contribution is 0.0602. The number of carbonyl (C=O) groups excluding carboxylic acids is 1. The van der Waals surface area contributed by atoms with Crippen LogP contribution in [0, 0.1) is 5.82 Å². The van der Waals surface area contributed by atoms with Crippen LogP contribution in [-0.2, 0) is 4.74 Å². The Morgan fingerprint density at radius 3 is 2.53 bits per heavy atom. The van der Waals surface area contributed by atoms with E-state index in [1.165, 1.54) is 19.2 Å². The van der Waals surface area contributed by atoms with E-state index in [-0.39, 0.29) is 5.82 Å². The fourth-order valence-electron chi connectivity index (χ4n) is 1.61. The molecule has 0 aliphatic carbocycles. The Morgan fingerprint density at radius 1 is 1.21 bits per heavy atom. The average Bonchev–Trinajstić information content (AvgIpc) is 2.41. The third kappa shape index (κ3) is 3.26. The summed E-state index contributed by atoms with van der Waals surface area (Å²) in [6, 6.07) is 10.9. The molecule has 1 N–H and O–H groups in total. The predicted molar refractivity (Wildman–Crippen MR) is 74.7 cm³/mol. The van der Waals surface area contributed by atoms with Crippen molar-refractivity contribution in [2.75, 3.05) is 12.4 Å². The van der Waals surface area contributed by atoms with Gasteiger partial charge < -0.3 is 10.1 Å². The third-order valence-corrected chi connectivity index (χ3v) is 2.81. The van der Waals surface area contributed by atoms with Crippen LogP contribution >= 0.6 is 12.6 Å². The van der Waals surface area contributed by atoms with Gasteiger partial charge in [0, 0.05) is 10.6 Å². The summed E-state index contributed by atoms with van der Waals surface area (Å²) in [4.78, 5) is 12.3. The van der Waals surface area contributed by atoms with E-state index in [2.05, 4.69) is 17.9 Å². The molecule has 0 unspecified atom stereocenters. The van der Waals surface area contributed by atoms with Crippen LogP contribution in [0.2, 0.25) is 0 Å². The molecule has 0 aliphatic rings. The van der Waals surface area contributed by atoms with Crippen molar-refractivity contribution in [3.63, 3.8) is 0 Å². The monoisotopic (exact) mass is 277 g/mol. The molecule has 0 fully saturated rings. The van der Waals surface area contributed by atoms with Gasteiger partial charge in [-0.25, -0.2) is 9.18 Å². The predicted octanol–water partition coefficient (Wildman–Crippen LogP) is 3.64. The van der Waals surface area contributed by atoms with Crippen molar-refractivity contribution >= 4 is 30.0 Å². The van der Waals surface area contributed by atoms with E-state index in [0.717, 1.165) is 0 Å². The molecule has 2 aromatic carbocycles. The quantitative estimate of drug-likeness (QED) is 0.664. The van der Waals surface area contributed by atoms with Crippen LogP contribution < -0.4 is 5.32 Å². The number of carbonyl (C=O) groups is 1. The minimum atomic E-state index is -0.446. The van der Waals surface area contributed by atoms with Gasteiger partial charge in [-0.05, 0) is 42.5 Å². The highest BCUT2D eigenvalue weighted by atomic mass is 32.1. The first-order valence-electron chi connectivity index (χ1n) is 5.54. The maximum Gasteiger partial charge on any atom is 0.339 e. The second kappa shape index (κ2) is 5.75. The molecule has 19 heavy (non-hydrogen) atoms. The minimum absolute atomic E-state index is 0.318. The first kappa shape index (κ1) is 13.4. The lowest BCUT2D eigenvalue weighted by Gasteiger charge is -2.11. The van der Waals surface area contributed by atoms with Crippen molar-refractivity contribution in [2.45, 2.75) is 4.90 Å². The maximum absolute atomic E-state index is 12.8. The van der Waals surface area contributed by atoms with E-state index in [1.807, 2.05) is 0 Å². The lowest BCUT2D eigenvalue weighted by Crippen LogP contribution is -2.05. The first-order chi connectivity index (χ1) is 9.10. The van der Waals surface area contributed by atoms with Crippen molar-refractivity contribution in [1.29, 1.82) is 0 Å². The van der Waals surface area contributed by atoms with Gasteiger partial charge in [0.15, 0.2) is 0 Å². The van der Waals surface area contributed by atoms with Gasteiger partial charge in [-0.1, -0.05) is 0 Å². The fourth-order valence-corrected chi connectivity index (χ4v) is 1.82. The number of nitrogens with one attached hydrogen (secondary N) is 1. The molecule has 0 spiro atoms. The Hall–Kier alpha value is -2.01. The highest BCUT2D eigenvalue weighted by Crippen LogP contribution is 2.24. The summed E-state index contributed by atoms with van der Waals surface area (Å²) in [6.07, 6.45) is 0. The van der Waals surface area contributed by atoms with Crippen LogP contribution in [0.1, 0.15) is 10.4 Å². The van der Waals surface area contributed by atoms with Crippen molar-refractivity contribution in [3.8, 4) is 0 Å². The van der Waals surface area contributed by atoms with Gasteiger partial charge in [-0.3, -0.25) is 0 Å².